The molecule has 0 unspecified atom stereocenters. The minimum Gasteiger partial charge on any atom is -0.444 e. The van der Waals surface area contributed by atoms with E-state index in [4.69, 9.17) is 52.5 Å². The average Bonchev–Trinajstić information content (AvgIpc) is 1.57. The third-order valence-electron chi connectivity index (χ3n) is 23.3. The van der Waals surface area contributed by atoms with Crippen LogP contribution in [-0.2, 0) is 110 Å². The first-order valence-corrected chi connectivity index (χ1v) is 44.4. The number of H-pyrrole nitrogens is 2. The number of amides is 1. The maximum Gasteiger partial charge on any atom is 0.495 e. The Morgan fingerprint density at radius 3 is 1.26 bits per heavy atom. The number of rotatable bonds is 13. The minimum atomic E-state index is -4.69. The molecule has 8 aromatic heterocycles. The Morgan fingerprint density at radius 1 is 0.485 bits per heavy atom. The summed E-state index contributed by atoms with van der Waals surface area (Å²) in [6.45, 7) is 29.1. The molecule has 706 valence electrons. The van der Waals surface area contributed by atoms with E-state index in [2.05, 4.69) is 175 Å². The third-order valence-corrected chi connectivity index (χ3v) is 25.6. The summed E-state index contributed by atoms with van der Waals surface area (Å²) in [5.74, 6) is -5.32. The molecule has 1 amide bonds. The molecule has 36 heteroatoms. The van der Waals surface area contributed by atoms with Gasteiger partial charge in [0.25, 0.3) is 0 Å². The fraction of sp³-hybridized carbons (Fsp3) is 0.385. The molecule has 0 spiro atoms. The first-order valence-electron chi connectivity index (χ1n) is 42.1. The highest BCUT2D eigenvalue weighted by molar-refractivity contribution is 9.10. The summed E-state index contributed by atoms with van der Waals surface area (Å²) in [6.07, 6.45) is -1.98. The summed E-state index contributed by atoms with van der Waals surface area (Å²) in [6, 6.07) is 31.6. The van der Waals surface area contributed by atoms with Crippen molar-refractivity contribution >= 4 is 107 Å². The van der Waals surface area contributed by atoms with Crippen molar-refractivity contribution in [2.24, 2.45) is 0 Å². The second-order valence-electron chi connectivity index (χ2n) is 33.2. The molecule has 12 heterocycles. The summed E-state index contributed by atoms with van der Waals surface area (Å²) in [5.41, 5.74) is 15.9. The van der Waals surface area contributed by atoms with E-state index < -0.39 is 64.2 Å². The molecule has 0 saturated carbocycles. The SMILES string of the molecule is C.C.C.CC1(C)OB(c2ccc(Cl)c3[nH]ccc23)OC1(C)C.CCc1cccc(CC)c1-n1nc2c(c1-c1ccc(Cl)c3[nH]ccc13)CN(c1ncc(C(F)(F)F)cc1F)CC2.CCc1cccc(CC)c1-n1nc2c(c1Br)CN(C(=O)OC(C)(C)C)CC2.CCc1cccc(CC)c1-n1nc2c(c1Br)CN(c1ncc(C(F)(F)F)cc1F)CC2.Fc1cc(C(F)(F)F)cnc1F. The van der Waals surface area contributed by atoms with Crippen molar-refractivity contribution in [3.63, 3.8) is 0 Å². The number of pyridine rings is 3. The molecular formula is C96H106BBr2Cl2F13N14O4. The van der Waals surface area contributed by atoms with Gasteiger partial charge in [-0.1, -0.05) is 154 Å². The first kappa shape index (κ1) is 104. The van der Waals surface area contributed by atoms with Crippen LogP contribution in [0.1, 0.15) is 196 Å². The summed E-state index contributed by atoms with van der Waals surface area (Å²) in [4.78, 5) is 34.2. The van der Waals surface area contributed by atoms with Crippen LogP contribution < -0.4 is 15.3 Å². The smallest absolute Gasteiger partial charge is 0.444 e. The molecule has 0 radical (unpaired) electrons. The van der Waals surface area contributed by atoms with Gasteiger partial charge < -0.3 is 38.7 Å². The molecule has 17 rings (SSSR count). The number of anilines is 2. The molecule has 18 nitrogen and oxygen atoms in total. The summed E-state index contributed by atoms with van der Waals surface area (Å²) >= 11 is 20.1. The van der Waals surface area contributed by atoms with Gasteiger partial charge in [-0.15, -0.1) is 0 Å². The second-order valence-corrected chi connectivity index (χ2v) is 35.6. The molecule has 132 heavy (non-hydrogen) atoms. The van der Waals surface area contributed by atoms with E-state index >= 15 is 0 Å². The Kier molecular flexibility index (Phi) is 32.8. The van der Waals surface area contributed by atoms with Gasteiger partial charge in [-0.25, -0.2) is 47.0 Å². The maximum absolute atomic E-state index is 15.0. The van der Waals surface area contributed by atoms with E-state index in [0.717, 1.165) is 155 Å². The number of aromatic nitrogens is 11. The van der Waals surface area contributed by atoms with Gasteiger partial charge in [0, 0.05) is 116 Å². The predicted molar refractivity (Wildman–Crippen MR) is 501 cm³/mol. The van der Waals surface area contributed by atoms with Crippen molar-refractivity contribution < 1.29 is 75.9 Å². The zero-order chi connectivity index (χ0) is 93.5. The number of hydrogen-bond acceptors (Lipinski definition) is 12. The number of aromatic amines is 2. The van der Waals surface area contributed by atoms with Crippen molar-refractivity contribution in [1.29, 1.82) is 0 Å². The molecule has 5 aromatic carbocycles. The standard InChI is InChI=1S/C30H26ClF4N5.C22H21BrF4N4.C21H28BrN3O2.C14H17BClNO2.C6H2F5N.3CH4/c1-3-17-6-5-7-18(4-2)27(17)40-28(21-8-9-23(31)26-20(21)10-12-36-26)22-16-39(13-11-25(22)38-40)29-24(32)14-19(15-37-29)30(33,34)35;1-3-13-6-5-7-14(4-2)19(13)31-20(23)16-12-30(9-8-18(16)29-31)21-17(24)10-15(11-28-21)22(25,26)27;1-6-14-9-8-10-15(7-2)18(14)25-19(22)16-13-24(12-11-17(16)23-25)20(26)27-21(3,4)5;1-13(2)14(3,4)19-15(18-13)10-5-6-11(16)12-9(10)7-8-17-12;7-4-1-3(6(9,10)11)2-12-5(4)8;;;/h5-10,12,14-15,36H,3-4,11,13,16H2,1-2H3;5-7,10-11H,3-4,8-9,12H2,1-2H3;8-10H,6-7,11-13H2,1-5H3;5-8,17H,1-4H3;1-2H;3*1H4. The molecule has 1 fully saturated rings. The highest BCUT2D eigenvalue weighted by Gasteiger charge is 2.52. The Hall–Kier alpha value is -10.3. The van der Waals surface area contributed by atoms with Crippen LogP contribution in [0.5, 0.6) is 0 Å². The lowest BCUT2D eigenvalue weighted by atomic mass is 9.77. The number of carbonyl (C=O) groups excluding carboxylic acids is 1. The molecule has 13 aromatic rings. The van der Waals surface area contributed by atoms with Gasteiger partial charge in [0.05, 0.1) is 95.4 Å². The van der Waals surface area contributed by atoms with Gasteiger partial charge in [0.15, 0.2) is 29.1 Å². The van der Waals surface area contributed by atoms with E-state index in [1.807, 2.05) is 89.7 Å². The lowest BCUT2D eigenvalue weighted by Gasteiger charge is -2.32. The van der Waals surface area contributed by atoms with E-state index in [1.165, 1.54) is 22.3 Å². The summed E-state index contributed by atoms with van der Waals surface area (Å²) in [7, 11) is -0.361. The van der Waals surface area contributed by atoms with Crippen LogP contribution in [0.15, 0.2) is 149 Å². The lowest BCUT2D eigenvalue weighted by molar-refractivity contribution is -0.138. The molecule has 4 aliphatic rings. The van der Waals surface area contributed by atoms with Gasteiger partial charge in [-0.05, 0) is 200 Å². The Morgan fingerprint density at radius 2 is 0.848 bits per heavy atom. The Balaban J connectivity index is 0.000000178. The third kappa shape index (κ3) is 21.9. The van der Waals surface area contributed by atoms with E-state index in [9.17, 15) is 61.9 Å². The number of hydrogen-bond donors (Lipinski definition) is 2. The number of nitrogens with zero attached hydrogens (tertiary/aromatic N) is 12. The van der Waals surface area contributed by atoms with Crippen molar-refractivity contribution in [1.82, 2.24) is 59.2 Å². The van der Waals surface area contributed by atoms with E-state index in [-0.39, 0.29) is 77.1 Å². The van der Waals surface area contributed by atoms with Gasteiger partial charge in [0.1, 0.15) is 14.8 Å². The lowest BCUT2D eigenvalue weighted by Crippen LogP contribution is -2.41. The van der Waals surface area contributed by atoms with Crippen LogP contribution in [0, 0.1) is 23.4 Å². The van der Waals surface area contributed by atoms with Crippen molar-refractivity contribution in [2.45, 2.75) is 225 Å². The number of para-hydroxylation sites is 3. The monoisotopic (exact) mass is 2000 g/mol. The molecule has 0 atom stereocenters. The first-order chi connectivity index (χ1) is 60.9. The maximum atomic E-state index is 15.0. The van der Waals surface area contributed by atoms with Crippen LogP contribution >= 0.6 is 55.1 Å². The zero-order valence-electron chi connectivity index (χ0n) is 72.9. The Bertz CT molecular complexity index is 6220. The number of aryl methyl sites for hydroxylation is 6. The predicted octanol–water partition coefficient (Wildman–Crippen LogP) is 26.2. The molecule has 1 saturated heterocycles. The minimum absolute atomic E-state index is 0. The van der Waals surface area contributed by atoms with Gasteiger partial charge in [-0.3, -0.25) is 0 Å². The van der Waals surface area contributed by atoms with Gasteiger partial charge in [0.2, 0.25) is 5.95 Å². The van der Waals surface area contributed by atoms with E-state index in [1.54, 1.807) is 14.7 Å². The molecular weight excluding hydrogens is 1900 g/mol. The van der Waals surface area contributed by atoms with Crippen LogP contribution in [0.2, 0.25) is 10.0 Å². The molecule has 0 aliphatic carbocycles. The van der Waals surface area contributed by atoms with Crippen LogP contribution in [0.25, 0.3) is 50.1 Å². The molecule has 2 N–H and O–H groups in total. The Labute approximate surface area is 786 Å². The van der Waals surface area contributed by atoms with Gasteiger partial charge >= 0.3 is 31.7 Å². The van der Waals surface area contributed by atoms with Gasteiger partial charge in [-0.2, -0.15) is 59.2 Å². The van der Waals surface area contributed by atoms with Crippen LogP contribution in [0.4, 0.5) is 73.5 Å². The number of fused-ring (bicyclic) bond motifs is 5. The normalized spacial score (nSPS) is 14.5. The topological polar surface area (TPSA) is 178 Å². The van der Waals surface area contributed by atoms with Crippen LogP contribution in [-0.4, -0.2) is 109 Å². The highest BCUT2D eigenvalue weighted by Crippen LogP contribution is 2.45. The highest BCUT2D eigenvalue weighted by atomic mass is 79.9. The number of carbonyl (C=O) groups is 1. The number of ether oxygens (including phenoxy) is 1. The fourth-order valence-corrected chi connectivity index (χ4v) is 17.6. The quantitative estimate of drug-likeness (QED) is 0.0635. The van der Waals surface area contributed by atoms with Crippen molar-refractivity contribution in [3.8, 4) is 28.3 Å². The van der Waals surface area contributed by atoms with Crippen molar-refractivity contribution in [3.05, 3.63) is 267 Å². The number of benzene rings is 5. The van der Waals surface area contributed by atoms with Crippen molar-refractivity contribution in [2.75, 3.05) is 29.4 Å². The number of nitrogens with one attached hydrogen (secondary N) is 2. The summed E-state index contributed by atoms with van der Waals surface area (Å²) < 4.78 is 192. The second kappa shape index (κ2) is 41.7. The number of halogens is 17. The van der Waals surface area contributed by atoms with E-state index in [0.29, 0.717) is 80.1 Å². The summed E-state index contributed by atoms with van der Waals surface area (Å²) in [5, 5.41) is 18.1. The largest absolute Gasteiger partial charge is 0.495 e. The average molecular weight is 2010 g/mol. The molecule has 0 bridgehead atoms. The zero-order valence-corrected chi connectivity index (χ0v) is 77.6. The molecule has 4 aliphatic heterocycles. The fourth-order valence-electron chi connectivity index (χ4n) is 16.0. The van der Waals surface area contributed by atoms with Crippen LogP contribution in [0.3, 0.4) is 0 Å². The number of alkyl halides is 9.